The van der Waals surface area contributed by atoms with E-state index in [4.69, 9.17) is 17.3 Å². The lowest BCUT2D eigenvalue weighted by molar-refractivity contribution is 0.582. The first-order valence-electron chi connectivity index (χ1n) is 6.26. The van der Waals surface area contributed by atoms with Gasteiger partial charge < -0.3 is 5.73 Å². The molecule has 2 rings (SSSR count). The number of hydrogen-bond acceptors (Lipinski definition) is 2. The predicted molar refractivity (Wildman–Crippen MR) is 80.4 cm³/mol. The second-order valence-electron chi connectivity index (χ2n) is 4.56. The molecule has 0 saturated carbocycles. The summed E-state index contributed by atoms with van der Waals surface area (Å²) in [5, 5.41) is 2.91. The van der Waals surface area contributed by atoms with Crippen molar-refractivity contribution in [2.75, 3.05) is 0 Å². The number of nitrogens with two attached hydrogens (primary N) is 1. The van der Waals surface area contributed by atoms with E-state index < -0.39 is 0 Å². The Morgan fingerprint density at radius 3 is 2.61 bits per heavy atom. The largest absolute Gasteiger partial charge is 0.327 e. The summed E-state index contributed by atoms with van der Waals surface area (Å²) in [6.07, 6.45) is 4.31. The summed E-state index contributed by atoms with van der Waals surface area (Å²) in [4.78, 5) is 1.45. The number of halogens is 1. The molecular formula is C15H18ClNS. The van der Waals surface area contributed by atoms with Crippen LogP contribution in [0.25, 0.3) is 0 Å². The van der Waals surface area contributed by atoms with Crippen molar-refractivity contribution in [3.8, 4) is 0 Å². The van der Waals surface area contributed by atoms with Gasteiger partial charge in [-0.05, 0) is 54.8 Å². The fourth-order valence-electron chi connectivity index (χ4n) is 2.02. The van der Waals surface area contributed by atoms with Gasteiger partial charge in [-0.2, -0.15) is 0 Å². The van der Waals surface area contributed by atoms with E-state index in [1.807, 2.05) is 23.5 Å². The maximum Gasteiger partial charge on any atom is 0.0406 e. The van der Waals surface area contributed by atoms with Crippen molar-refractivity contribution >= 4 is 22.9 Å². The zero-order valence-electron chi connectivity index (χ0n) is 10.3. The van der Waals surface area contributed by atoms with Gasteiger partial charge in [0.15, 0.2) is 0 Å². The van der Waals surface area contributed by atoms with Crippen LogP contribution in [0.4, 0.5) is 0 Å². The molecule has 0 aliphatic rings. The first kappa shape index (κ1) is 13.6. The van der Waals surface area contributed by atoms with Gasteiger partial charge in [-0.25, -0.2) is 0 Å². The fourth-order valence-corrected chi connectivity index (χ4v) is 2.90. The summed E-state index contributed by atoms with van der Waals surface area (Å²) >= 11 is 7.68. The Bertz CT molecular complexity index is 450. The van der Waals surface area contributed by atoms with Crippen LogP contribution in [0, 0.1) is 0 Å². The molecular weight excluding hydrogens is 262 g/mol. The van der Waals surface area contributed by atoms with Crippen molar-refractivity contribution in [1.82, 2.24) is 0 Å². The normalized spacial score (nSPS) is 12.6. The van der Waals surface area contributed by atoms with Crippen LogP contribution in [0.1, 0.15) is 23.3 Å². The molecule has 3 heteroatoms. The maximum absolute atomic E-state index is 6.15. The minimum absolute atomic E-state index is 0.242. The average molecular weight is 280 g/mol. The molecule has 2 aromatic rings. The molecule has 1 aromatic carbocycles. The van der Waals surface area contributed by atoms with Gasteiger partial charge in [-0.3, -0.25) is 0 Å². The number of aryl methyl sites for hydroxylation is 1. The highest BCUT2D eigenvalue weighted by Crippen LogP contribution is 2.15. The average Bonchev–Trinajstić information content (AvgIpc) is 2.85. The highest BCUT2D eigenvalue weighted by molar-refractivity contribution is 7.09. The number of rotatable bonds is 6. The summed E-state index contributed by atoms with van der Waals surface area (Å²) in [7, 11) is 0. The molecule has 0 spiro atoms. The van der Waals surface area contributed by atoms with E-state index in [0.717, 1.165) is 30.7 Å². The van der Waals surface area contributed by atoms with Gasteiger partial charge in [0, 0.05) is 15.9 Å². The Morgan fingerprint density at radius 2 is 1.94 bits per heavy atom. The van der Waals surface area contributed by atoms with E-state index in [9.17, 15) is 0 Å². The lowest BCUT2D eigenvalue weighted by Gasteiger charge is -2.11. The molecule has 1 atom stereocenters. The van der Waals surface area contributed by atoms with E-state index >= 15 is 0 Å². The number of thiophene rings is 1. The quantitative estimate of drug-likeness (QED) is 0.838. The summed E-state index contributed by atoms with van der Waals surface area (Å²) in [6.45, 7) is 0. The Labute approximate surface area is 118 Å². The first-order valence-corrected chi connectivity index (χ1v) is 7.52. The topological polar surface area (TPSA) is 26.0 Å². The highest BCUT2D eigenvalue weighted by atomic mass is 35.5. The Hall–Kier alpha value is -0.830. The molecule has 0 aliphatic carbocycles. The van der Waals surface area contributed by atoms with Crippen molar-refractivity contribution in [2.24, 2.45) is 5.73 Å². The highest BCUT2D eigenvalue weighted by Gasteiger charge is 2.04. The van der Waals surface area contributed by atoms with Crippen LogP contribution in [0.5, 0.6) is 0 Å². The summed E-state index contributed by atoms with van der Waals surface area (Å²) in [5.74, 6) is 0. The maximum atomic E-state index is 6.15. The minimum Gasteiger partial charge on any atom is -0.327 e. The fraction of sp³-hybridized carbons (Fsp3) is 0.333. The molecule has 0 fully saturated rings. The number of hydrogen-bond donors (Lipinski definition) is 1. The van der Waals surface area contributed by atoms with Gasteiger partial charge in [-0.15, -0.1) is 11.3 Å². The molecule has 0 bridgehead atoms. The smallest absolute Gasteiger partial charge is 0.0406 e. The lowest BCUT2D eigenvalue weighted by Crippen LogP contribution is -2.22. The zero-order valence-corrected chi connectivity index (χ0v) is 11.9. The van der Waals surface area contributed by atoms with Crippen LogP contribution in [-0.4, -0.2) is 6.04 Å². The van der Waals surface area contributed by atoms with E-state index in [2.05, 4.69) is 29.6 Å². The third-order valence-electron chi connectivity index (χ3n) is 2.99. The van der Waals surface area contributed by atoms with Crippen LogP contribution in [0.3, 0.4) is 0 Å². The molecule has 1 heterocycles. The lowest BCUT2D eigenvalue weighted by atomic mass is 10.0. The van der Waals surface area contributed by atoms with Crippen molar-refractivity contribution < 1.29 is 0 Å². The van der Waals surface area contributed by atoms with Gasteiger partial charge in [0.25, 0.3) is 0 Å². The van der Waals surface area contributed by atoms with Crippen LogP contribution < -0.4 is 5.73 Å². The van der Waals surface area contributed by atoms with Crippen LogP contribution in [-0.2, 0) is 12.8 Å². The zero-order chi connectivity index (χ0) is 12.8. The van der Waals surface area contributed by atoms with Crippen molar-refractivity contribution in [3.05, 3.63) is 57.2 Å². The molecule has 0 aliphatic heterocycles. The predicted octanol–water partition coefficient (Wildman–Crippen LogP) is 4.29. The molecule has 1 nitrogen and oxygen atoms in total. The summed E-state index contributed by atoms with van der Waals surface area (Å²) in [6, 6.07) is 12.5. The monoisotopic (exact) mass is 279 g/mol. The van der Waals surface area contributed by atoms with E-state index in [1.54, 1.807) is 0 Å². The molecule has 0 saturated heterocycles. The van der Waals surface area contributed by atoms with Crippen LogP contribution >= 0.6 is 22.9 Å². The van der Waals surface area contributed by atoms with Crippen molar-refractivity contribution in [2.45, 2.75) is 31.7 Å². The third kappa shape index (κ3) is 4.45. The van der Waals surface area contributed by atoms with Crippen molar-refractivity contribution in [3.63, 3.8) is 0 Å². The summed E-state index contributed by atoms with van der Waals surface area (Å²) < 4.78 is 0. The standard InChI is InChI=1S/C15H18ClNS/c16-13-8-6-12(7-9-13)11-14(17)3-1-4-15-5-2-10-18-15/h2,5-10,14H,1,3-4,11,17H2. The second-order valence-corrected chi connectivity index (χ2v) is 6.03. The molecule has 0 radical (unpaired) electrons. The molecule has 2 N–H and O–H groups in total. The second kappa shape index (κ2) is 6.93. The number of benzene rings is 1. The molecule has 1 aromatic heterocycles. The van der Waals surface area contributed by atoms with E-state index in [0.29, 0.717) is 0 Å². The van der Waals surface area contributed by atoms with Gasteiger partial charge in [0.2, 0.25) is 0 Å². The van der Waals surface area contributed by atoms with Gasteiger partial charge in [0.05, 0.1) is 0 Å². The summed E-state index contributed by atoms with van der Waals surface area (Å²) in [5.41, 5.74) is 7.42. The third-order valence-corrected chi connectivity index (χ3v) is 4.18. The van der Waals surface area contributed by atoms with Crippen molar-refractivity contribution in [1.29, 1.82) is 0 Å². The Morgan fingerprint density at radius 1 is 1.17 bits per heavy atom. The van der Waals surface area contributed by atoms with Crippen LogP contribution in [0.15, 0.2) is 41.8 Å². The molecule has 0 amide bonds. The van der Waals surface area contributed by atoms with Crippen LogP contribution in [0.2, 0.25) is 5.02 Å². The first-order chi connectivity index (χ1) is 8.74. The van der Waals surface area contributed by atoms with Gasteiger partial charge in [-0.1, -0.05) is 29.8 Å². The Kier molecular flexibility index (Phi) is 5.24. The van der Waals surface area contributed by atoms with E-state index in [-0.39, 0.29) is 6.04 Å². The molecule has 96 valence electrons. The SMILES string of the molecule is NC(CCCc1cccs1)Cc1ccc(Cl)cc1. The van der Waals surface area contributed by atoms with Gasteiger partial charge in [0.1, 0.15) is 0 Å². The molecule has 18 heavy (non-hydrogen) atoms. The molecule has 1 unspecified atom stereocenters. The van der Waals surface area contributed by atoms with Gasteiger partial charge >= 0.3 is 0 Å². The Balaban J connectivity index is 1.71. The van der Waals surface area contributed by atoms with E-state index in [1.165, 1.54) is 10.4 Å². The minimum atomic E-state index is 0.242.